The van der Waals surface area contributed by atoms with Gasteiger partial charge in [0.15, 0.2) is 17.5 Å². The van der Waals surface area contributed by atoms with Gasteiger partial charge in [-0.3, -0.25) is 30.3 Å². The van der Waals surface area contributed by atoms with E-state index in [1.54, 1.807) is 18.2 Å². The Morgan fingerprint density at radius 2 is 1.95 bits per heavy atom. The van der Waals surface area contributed by atoms with Gasteiger partial charge in [0.05, 0.1) is 31.9 Å². The minimum atomic E-state index is -2.65. The molecule has 0 bridgehead atoms. The summed E-state index contributed by atoms with van der Waals surface area (Å²) in [7, 11) is 0. The van der Waals surface area contributed by atoms with Crippen LogP contribution in [0, 0.1) is 0 Å². The lowest BCUT2D eigenvalue weighted by atomic mass is 9.85. The smallest absolute Gasteiger partial charge is 0.346 e. The summed E-state index contributed by atoms with van der Waals surface area (Å²) in [6, 6.07) is 1.86. The molecule has 9 N–H and O–H groups in total. The molecule has 0 saturated carbocycles. The van der Waals surface area contributed by atoms with Gasteiger partial charge < -0.3 is 36.1 Å². The molecule has 5 heterocycles. The van der Waals surface area contributed by atoms with E-state index in [0.29, 0.717) is 25.4 Å². The summed E-state index contributed by atoms with van der Waals surface area (Å²) >= 11 is 0. The number of rotatable bonds is 4. The lowest BCUT2D eigenvalue weighted by molar-refractivity contribution is -0.623. The molecule has 1 unspecified atom stereocenters. The molecule has 202 valence electrons. The standard InChI is InChI=1S/C23H28N8O7/c24-20-28-18-12(9-30-15(32)5-6-16(30)33)26-21(25)31-10-14(23(35,36)22(18,31)29-20)27-19(34)11-3-1-4-13-17(11)38-8-2-7-37-13/h1,3-4,12,14,18,35-36H,2,5-10H2,(H6,24,25,26,27,28,29,34)/p+1/t12-,14?,18-,22-/m0/s1. The molecule has 0 radical (unpaired) electrons. The maximum Gasteiger partial charge on any atom is 0.346 e. The van der Waals surface area contributed by atoms with E-state index in [9.17, 15) is 24.6 Å². The zero-order chi connectivity index (χ0) is 26.8. The van der Waals surface area contributed by atoms with Gasteiger partial charge in [-0.15, -0.1) is 0 Å². The number of nitrogens with one attached hydrogen (secondary N) is 3. The highest BCUT2D eigenvalue weighted by atomic mass is 16.5. The zero-order valence-corrected chi connectivity index (χ0v) is 20.3. The quantitative estimate of drug-likeness (QED) is 0.113. The number of carbonyl (C=O) groups is 3. The Morgan fingerprint density at radius 1 is 1.21 bits per heavy atom. The van der Waals surface area contributed by atoms with E-state index in [4.69, 9.17) is 20.9 Å². The molecule has 38 heavy (non-hydrogen) atoms. The normalized spacial score (nSPS) is 31.2. The lowest BCUT2D eigenvalue weighted by Gasteiger charge is -2.44. The Bertz CT molecular complexity index is 1280. The molecule has 2 saturated heterocycles. The van der Waals surface area contributed by atoms with E-state index < -0.39 is 35.5 Å². The number of guanidine groups is 2. The number of hydrogen-bond donors (Lipinski definition) is 7. The number of amides is 3. The molecule has 15 nitrogen and oxygen atoms in total. The third kappa shape index (κ3) is 3.38. The number of hydrogen-bond acceptors (Lipinski definition) is 12. The van der Waals surface area contributed by atoms with Gasteiger partial charge in [-0.2, -0.15) is 0 Å². The number of aliphatic imine (C=N–C) groups is 1. The molecule has 1 aromatic rings. The van der Waals surface area contributed by atoms with Crippen molar-refractivity contribution < 1.29 is 38.6 Å². The number of likely N-dealkylation sites (tertiary alicyclic amines) is 1. The van der Waals surface area contributed by atoms with Crippen molar-refractivity contribution in [1.29, 1.82) is 0 Å². The lowest BCUT2D eigenvalue weighted by Crippen LogP contribution is -2.79. The number of nitrogens with zero attached hydrogens (tertiary/aromatic N) is 3. The van der Waals surface area contributed by atoms with E-state index >= 15 is 0 Å². The highest BCUT2D eigenvalue weighted by molar-refractivity contribution is 6.02. The van der Waals surface area contributed by atoms with Crippen molar-refractivity contribution in [3.8, 4) is 11.5 Å². The van der Waals surface area contributed by atoms with Crippen molar-refractivity contribution >= 4 is 29.6 Å². The molecular formula is C23H29N8O7+. The van der Waals surface area contributed by atoms with Gasteiger partial charge >= 0.3 is 5.96 Å². The Labute approximate surface area is 216 Å². The summed E-state index contributed by atoms with van der Waals surface area (Å²) in [4.78, 5) is 43.4. The first-order valence-electron chi connectivity index (χ1n) is 12.4. The third-order valence-electron chi connectivity index (χ3n) is 7.72. The van der Waals surface area contributed by atoms with E-state index in [2.05, 4.69) is 20.9 Å². The second-order valence-corrected chi connectivity index (χ2v) is 9.93. The van der Waals surface area contributed by atoms with Crippen LogP contribution in [-0.2, 0) is 9.59 Å². The Hall–Kier alpha value is -4.11. The number of nitrogens with two attached hydrogens (primary N) is 2. The number of para-hydroxylation sites is 1. The fraction of sp³-hybridized carbons (Fsp3) is 0.522. The number of benzene rings is 1. The van der Waals surface area contributed by atoms with E-state index in [1.807, 2.05) is 0 Å². The maximum absolute atomic E-state index is 13.4. The van der Waals surface area contributed by atoms with Crippen LogP contribution in [-0.4, -0.2) is 105 Å². The van der Waals surface area contributed by atoms with E-state index in [1.165, 1.54) is 4.58 Å². The van der Waals surface area contributed by atoms with Crippen LogP contribution < -0.4 is 36.9 Å². The van der Waals surface area contributed by atoms with E-state index in [0.717, 1.165) is 4.90 Å². The summed E-state index contributed by atoms with van der Waals surface area (Å²) in [6.07, 6.45) is 0.858. The Kier molecular flexibility index (Phi) is 5.39. The first-order chi connectivity index (χ1) is 18.1. The van der Waals surface area contributed by atoms with Crippen molar-refractivity contribution in [1.82, 2.24) is 20.9 Å². The topological polar surface area (TPSA) is 217 Å². The SMILES string of the molecule is NC1=N[C@H]2[C@H](CN3C(=O)CCC3=O)NC(N)=[N+]3CC(NC(=O)c4cccc5c4OCCCO5)C(O)(O)[C@]23N1. The molecule has 0 aromatic heterocycles. The van der Waals surface area contributed by atoms with Crippen molar-refractivity contribution in [2.75, 3.05) is 26.3 Å². The molecule has 6 rings (SSSR count). The first kappa shape index (κ1) is 24.2. The zero-order valence-electron chi connectivity index (χ0n) is 20.3. The molecule has 5 aliphatic rings. The second kappa shape index (κ2) is 8.46. The largest absolute Gasteiger partial charge is 0.490 e. The molecule has 4 atom stereocenters. The molecule has 1 aromatic carbocycles. The average Bonchev–Trinajstić information content (AvgIpc) is 3.37. The van der Waals surface area contributed by atoms with Crippen LogP contribution in [0.2, 0.25) is 0 Å². The number of ether oxygens (including phenoxy) is 2. The summed E-state index contributed by atoms with van der Waals surface area (Å²) < 4.78 is 12.8. The Balaban J connectivity index is 1.31. The molecule has 3 amide bonds. The number of aliphatic hydroxyl groups is 2. The van der Waals surface area contributed by atoms with Crippen molar-refractivity contribution in [2.24, 2.45) is 16.5 Å². The summed E-state index contributed by atoms with van der Waals surface area (Å²) in [6.45, 7) is 0.591. The van der Waals surface area contributed by atoms with Crippen LogP contribution in [0.4, 0.5) is 0 Å². The molecule has 15 heteroatoms. The van der Waals surface area contributed by atoms with Crippen LogP contribution >= 0.6 is 0 Å². The van der Waals surface area contributed by atoms with Crippen LogP contribution in [0.25, 0.3) is 0 Å². The monoisotopic (exact) mass is 529 g/mol. The fourth-order valence-corrected chi connectivity index (χ4v) is 5.94. The third-order valence-corrected chi connectivity index (χ3v) is 7.72. The van der Waals surface area contributed by atoms with E-state index in [-0.39, 0.29) is 61.0 Å². The molecular weight excluding hydrogens is 500 g/mol. The van der Waals surface area contributed by atoms with Gasteiger partial charge in [-0.25, -0.2) is 9.57 Å². The van der Waals surface area contributed by atoms with Gasteiger partial charge in [-0.1, -0.05) is 6.07 Å². The van der Waals surface area contributed by atoms with Gasteiger partial charge in [-0.05, 0) is 12.1 Å². The maximum atomic E-state index is 13.4. The van der Waals surface area contributed by atoms with Crippen LogP contribution in [0.5, 0.6) is 11.5 Å². The van der Waals surface area contributed by atoms with Crippen LogP contribution in [0.3, 0.4) is 0 Å². The van der Waals surface area contributed by atoms with Gasteiger partial charge in [0.25, 0.3) is 5.91 Å². The van der Waals surface area contributed by atoms with Crippen LogP contribution in [0.15, 0.2) is 23.2 Å². The van der Waals surface area contributed by atoms with Gasteiger partial charge in [0.1, 0.15) is 18.1 Å². The van der Waals surface area contributed by atoms with Crippen molar-refractivity contribution in [3.63, 3.8) is 0 Å². The summed E-state index contributed by atoms with van der Waals surface area (Å²) in [5, 5.41) is 31.8. The van der Waals surface area contributed by atoms with Gasteiger partial charge in [0, 0.05) is 19.3 Å². The molecule has 0 aliphatic carbocycles. The molecule has 1 spiro atoms. The highest BCUT2D eigenvalue weighted by Gasteiger charge is 2.75. The van der Waals surface area contributed by atoms with Crippen molar-refractivity contribution in [3.05, 3.63) is 23.8 Å². The predicted octanol–water partition coefficient (Wildman–Crippen LogP) is -3.93. The number of carbonyl (C=O) groups excluding carboxylic acids is 3. The molecule has 2 fully saturated rings. The second-order valence-electron chi connectivity index (χ2n) is 9.93. The van der Waals surface area contributed by atoms with Crippen molar-refractivity contribution in [2.45, 2.75) is 48.8 Å². The fourth-order valence-electron chi connectivity index (χ4n) is 5.94. The highest BCUT2D eigenvalue weighted by Crippen LogP contribution is 2.42. The van der Waals surface area contributed by atoms with Crippen LogP contribution in [0.1, 0.15) is 29.6 Å². The van der Waals surface area contributed by atoms with Gasteiger partial charge in [0.2, 0.25) is 23.3 Å². The Morgan fingerprint density at radius 3 is 2.71 bits per heavy atom. The summed E-state index contributed by atoms with van der Waals surface area (Å²) in [5.41, 5.74) is 10.7. The predicted molar refractivity (Wildman–Crippen MR) is 129 cm³/mol. The summed E-state index contributed by atoms with van der Waals surface area (Å²) in [5.74, 6) is -3.28. The average molecular weight is 530 g/mol. The molecule has 5 aliphatic heterocycles. The number of fused-ring (bicyclic) bond motifs is 1. The number of imide groups is 1. The minimum Gasteiger partial charge on any atom is -0.490 e. The first-order valence-corrected chi connectivity index (χ1v) is 12.4. The minimum absolute atomic E-state index is 0.0391.